The molecule has 3 aromatic rings. The van der Waals surface area contributed by atoms with Gasteiger partial charge in [0.05, 0.1) is 12.1 Å². The Hall–Kier alpha value is -2.62. The van der Waals surface area contributed by atoms with Crippen LogP contribution in [0, 0.1) is 5.82 Å². The summed E-state index contributed by atoms with van der Waals surface area (Å²) >= 11 is 0. The molecule has 1 unspecified atom stereocenters. The fourth-order valence-corrected chi connectivity index (χ4v) is 3.04. The molecular formula is C20H20FNO2. The van der Waals surface area contributed by atoms with Crippen LogP contribution < -0.4 is 0 Å². The summed E-state index contributed by atoms with van der Waals surface area (Å²) in [5, 5.41) is 10.2. The molecule has 2 N–H and O–H groups in total. The number of carboxylic acids is 1. The van der Waals surface area contributed by atoms with Crippen LogP contribution >= 0.6 is 0 Å². The van der Waals surface area contributed by atoms with Crippen LogP contribution in [0.5, 0.6) is 0 Å². The van der Waals surface area contributed by atoms with Crippen LogP contribution in [0.3, 0.4) is 0 Å². The highest BCUT2D eigenvalue weighted by molar-refractivity contribution is 5.94. The number of fused-ring (bicyclic) bond motifs is 1. The van der Waals surface area contributed by atoms with E-state index < -0.39 is 5.97 Å². The van der Waals surface area contributed by atoms with Crippen LogP contribution in [-0.2, 0) is 11.2 Å². The number of halogens is 1. The zero-order valence-corrected chi connectivity index (χ0v) is 13.8. The highest BCUT2D eigenvalue weighted by atomic mass is 19.1. The van der Waals surface area contributed by atoms with Gasteiger partial charge < -0.3 is 10.1 Å². The number of H-pyrrole nitrogens is 1. The molecule has 0 saturated carbocycles. The maximum atomic E-state index is 14.2. The third kappa shape index (κ3) is 2.92. The summed E-state index contributed by atoms with van der Waals surface area (Å²) in [6, 6.07) is 12.5. The molecule has 0 bridgehead atoms. The van der Waals surface area contributed by atoms with Crippen LogP contribution in [0.25, 0.3) is 22.2 Å². The third-order valence-electron chi connectivity index (χ3n) is 4.58. The Morgan fingerprint density at radius 1 is 1.25 bits per heavy atom. The van der Waals surface area contributed by atoms with E-state index in [0.29, 0.717) is 22.7 Å². The monoisotopic (exact) mass is 325 g/mol. The summed E-state index contributed by atoms with van der Waals surface area (Å²) < 4.78 is 14.2. The zero-order valence-electron chi connectivity index (χ0n) is 13.8. The molecule has 24 heavy (non-hydrogen) atoms. The van der Waals surface area contributed by atoms with Gasteiger partial charge in [-0.3, -0.25) is 4.79 Å². The lowest BCUT2D eigenvalue weighted by atomic mass is 9.95. The summed E-state index contributed by atoms with van der Waals surface area (Å²) in [4.78, 5) is 14.6. The minimum atomic E-state index is -0.928. The summed E-state index contributed by atoms with van der Waals surface area (Å²) in [7, 11) is 0. The van der Waals surface area contributed by atoms with Gasteiger partial charge in [0.15, 0.2) is 0 Å². The summed E-state index contributed by atoms with van der Waals surface area (Å²) in [5.74, 6) is -0.904. The molecule has 0 fully saturated rings. The molecule has 0 amide bonds. The van der Waals surface area contributed by atoms with Crippen LogP contribution in [0.15, 0.2) is 42.5 Å². The molecule has 3 nitrogen and oxygen atoms in total. The molecule has 3 rings (SSSR count). The third-order valence-corrected chi connectivity index (χ3v) is 4.58. The van der Waals surface area contributed by atoms with Crippen molar-refractivity contribution in [1.82, 2.24) is 4.98 Å². The predicted molar refractivity (Wildman–Crippen MR) is 93.7 cm³/mol. The number of hydrogen-bond donors (Lipinski definition) is 2. The maximum absolute atomic E-state index is 14.2. The fraction of sp³-hybridized carbons (Fsp3) is 0.250. The number of rotatable bonds is 5. The summed E-state index contributed by atoms with van der Waals surface area (Å²) in [6.07, 6.45) is 0.859. The molecule has 1 atom stereocenters. The highest BCUT2D eigenvalue weighted by Crippen LogP contribution is 2.34. The van der Waals surface area contributed by atoms with E-state index in [9.17, 15) is 14.3 Å². The Kier molecular flexibility index (Phi) is 4.38. The number of hydrogen-bond acceptors (Lipinski definition) is 1. The van der Waals surface area contributed by atoms with Crippen molar-refractivity contribution in [3.05, 3.63) is 59.4 Å². The molecule has 0 saturated heterocycles. The topological polar surface area (TPSA) is 53.1 Å². The molecule has 0 aliphatic heterocycles. The average Bonchev–Trinajstić information content (AvgIpc) is 2.91. The maximum Gasteiger partial charge on any atom is 0.307 e. The molecule has 0 radical (unpaired) electrons. The summed E-state index contributed by atoms with van der Waals surface area (Å²) in [5.41, 5.74) is 3.57. The normalized spacial score (nSPS) is 12.5. The van der Waals surface area contributed by atoms with Crippen molar-refractivity contribution in [2.24, 2.45) is 0 Å². The van der Waals surface area contributed by atoms with E-state index in [-0.39, 0.29) is 12.2 Å². The lowest BCUT2D eigenvalue weighted by Crippen LogP contribution is -2.01. The second-order valence-electron chi connectivity index (χ2n) is 6.14. The molecule has 1 aromatic heterocycles. The van der Waals surface area contributed by atoms with Gasteiger partial charge in [-0.05, 0) is 47.7 Å². The Labute approximate surface area is 140 Å². The number of aliphatic carboxylic acids is 1. The van der Waals surface area contributed by atoms with E-state index in [1.54, 1.807) is 18.2 Å². The van der Waals surface area contributed by atoms with Crippen molar-refractivity contribution >= 4 is 16.9 Å². The van der Waals surface area contributed by atoms with Crippen molar-refractivity contribution in [1.29, 1.82) is 0 Å². The van der Waals surface area contributed by atoms with Crippen LogP contribution in [0.1, 0.15) is 37.3 Å². The Morgan fingerprint density at radius 3 is 2.67 bits per heavy atom. The Balaban J connectivity index is 2.25. The largest absolute Gasteiger partial charge is 0.481 e. The number of aromatic amines is 1. The predicted octanol–water partition coefficient (Wildman–Crippen LogP) is 5.11. The van der Waals surface area contributed by atoms with Crippen molar-refractivity contribution in [2.45, 2.75) is 32.6 Å². The van der Waals surface area contributed by atoms with E-state index >= 15 is 0 Å². The first kappa shape index (κ1) is 16.2. The van der Waals surface area contributed by atoms with E-state index in [0.717, 1.165) is 22.9 Å². The molecule has 124 valence electrons. The number of aromatic nitrogens is 1. The molecule has 0 spiro atoms. The van der Waals surface area contributed by atoms with E-state index in [4.69, 9.17) is 0 Å². The molecule has 0 aliphatic carbocycles. The molecule has 4 heteroatoms. The number of benzene rings is 2. The van der Waals surface area contributed by atoms with E-state index in [2.05, 4.69) is 18.8 Å². The van der Waals surface area contributed by atoms with Crippen molar-refractivity contribution in [2.75, 3.05) is 0 Å². The highest BCUT2D eigenvalue weighted by Gasteiger charge is 2.19. The van der Waals surface area contributed by atoms with Gasteiger partial charge in [0.2, 0.25) is 0 Å². The first-order valence-corrected chi connectivity index (χ1v) is 8.12. The number of carbonyl (C=O) groups is 1. The summed E-state index contributed by atoms with van der Waals surface area (Å²) in [6.45, 7) is 4.26. The van der Waals surface area contributed by atoms with Crippen LogP contribution in [0.2, 0.25) is 0 Å². The van der Waals surface area contributed by atoms with Crippen LogP contribution in [-0.4, -0.2) is 16.1 Å². The average molecular weight is 325 g/mol. The molecule has 2 aromatic carbocycles. The minimum Gasteiger partial charge on any atom is -0.481 e. The van der Waals surface area contributed by atoms with Crippen molar-refractivity contribution in [3.63, 3.8) is 0 Å². The molecule has 1 heterocycles. The first-order valence-electron chi connectivity index (χ1n) is 8.12. The lowest BCUT2D eigenvalue weighted by Gasteiger charge is -2.09. The quantitative estimate of drug-likeness (QED) is 0.684. The number of nitrogens with one attached hydrogen (secondary N) is 1. The van der Waals surface area contributed by atoms with Gasteiger partial charge in [0, 0.05) is 16.5 Å². The van der Waals surface area contributed by atoms with Gasteiger partial charge in [-0.15, -0.1) is 0 Å². The van der Waals surface area contributed by atoms with E-state index in [1.165, 1.54) is 6.07 Å². The fourth-order valence-electron chi connectivity index (χ4n) is 3.04. The standard InChI is InChI=1S/C20H20FNO2/c1-3-12(2)13-8-9-18-15(10-13)16(11-19(23)24)20(22-18)14-6-4-5-7-17(14)21/h4-10,12,22H,3,11H2,1-2H3,(H,23,24). The van der Waals surface area contributed by atoms with Gasteiger partial charge in [0.25, 0.3) is 0 Å². The Morgan fingerprint density at radius 2 is 2.00 bits per heavy atom. The van der Waals surface area contributed by atoms with Gasteiger partial charge in [0.1, 0.15) is 5.82 Å². The lowest BCUT2D eigenvalue weighted by molar-refractivity contribution is -0.136. The number of carboxylic acid groups (broad SMARTS) is 1. The molecular weight excluding hydrogens is 305 g/mol. The molecule has 0 aliphatic rings. The van der Waals surface area contributed by atoms with Gasteiger partial charge >= 0.3 is 5.97 Å². The van der Waals surface area contributed by atoms with Gasteiger partial charge in [-0.1, -0.05) is 32.0 Å². The van der Waals surface area contributed by atoms with Crippen molar-refractivity contribution < 1.29 is 14.3 Å². The first-order chi connectivity index (χ1) is 11.5. The second kappa shape index (κ2) is 6.48. The SMILES string of the molecule is CCC(C)c1ccc2[nH]c(-c3ccccc3F)c(CC(=O)O)c2c1. The van der Waals surface area contributed by atoms with Crippen molar-refractivity contribution in [3.8, 4) is 11.3 Å². The smallest absolute Gasteiger partial charge is 0.307 e. The Bertz CT molecular complexity index is 898. The zero-order chi connectivity index (χ0) is 17.3. The van der Waals surface area contributed by atoms with Crippen LogP contribution in [0.4, 0.5) is 4.39 Å². The van der Waals surface area contributed by atoms with E-state index in [1.807, 2.05) is 18.2 Å². The second-order valence-corrected chi connectivity index (χ2v) is 6.14. The minimum absolute atomic E-state index is 0.145. The van der Waals surface area contributed by atoms with Gasteiger partial charge in [-0.25, -0.2) is 4.39 Å². The van der Waals surface area contributed by atoms with Gasteiger partial charge in [-0.2, -0.15) is 0 Å².